The van der Waals surface area contributed by atoms with Gasteiger partial charge < -0.3 is 14.6 Å². The fourth-order valence-corrected chi connectivity index (χ4v) is 2.39. The molecule has 0 aliphatic rings. The number of rotatable bonds is 5. The lowest BCUT2D eigenvalue weighted by Gasteiger charge is -2.18. The number of furan rings is 1. The van der Waals surface area contributed by atoms with Crippen molar-refractivity contribution in [3.8, 4) is 0 Å². The maximum atomic E-state index is 12.3. The van der Waals surface area contributed by atoms with E-state index in [0.717, 1.165) is 5.76 Å². The van der Waals surface area contributed by atoms with Crippen molar-refractivity contribution in [2.45, 2.75) is 20.4 Å². The van der Waals surface area contributed by atoms with Crippen LogP contribution in [0.2, 0.25) is 0 Å². The summed E-state index contributed by atoms with van der Waals surface area (Å²) in [7, 11) is 0. The van der Waals surface area contributed by atoms with E-state index >= 15 is 0 Å². The van der Waals surface area contributed by atoms with E-state index in [2.05, 4.69) is 10.3 Å². The van der Waals surface area contributed by atoms with Crippen LogP contribution in [0.25, 0.3) is 0 Å². The van der Waals surface area contributed by atoms with Gasteiger partial charge in [0.15, 0.2) is 5.13 Å². The number of thiazole rings is 1. The minimum absolute atomic E-state index is 0.184. The predicted octanol–water partition coefficient (Wildman–Crippen LogP) is 2.36. The van der Waals surface area contributed by atoms with Crippen molar-refractivity contribution < 1.29 is 14.0 Å². The molecule has 2 aromatic heterocycles. The topological polar surface area (TPSA) is 75.4 Å². The van der Waals surface area contributed by atoms with Gasteiger partial charge >= 0.3 is 0 Å². The molecule has 2 rings (SSSR count). The van der Waals surface area contributed by atoms with Crippen LogP contribution in [0.15, 0.2) is 28.2 Å². The Morgan fingerprint density at radius 1 is 1.50 bits per heavy atom. The van der Waals surface area contributed by atoms with Crippen molar-refractivity contribution in [2.24, 2.45) is 0 Å². The molecule has 6 nitrogen and oxygen atoms in total. The van der Waals surface area contributed by atoms with Crippen LogP contribution in [-0.4, -0.2) is 28.2 Å². The fourth-order valence-electron chi connectivity index (χ4n) is 1.66. The van der Waals surface area contributed by atoms with Crippen LogP contribution in [0.3, 0.4) is 0 Å². The molecule has 106 valence electrons. The first-order valence-electron chi connectivity index (χ1n) is 6.15. The summed E-state index contributed by atoms with van der Waals surface area (Å²) in [6.45, 7) is 4.24. The van der Waals surface area contributed by atoms with Crippen LogP contribution in [-0.2, 0) is 11.3 Å². The third-order valence-electron chi connectivity index (χ3n) is 2.60. The summed E-state index contributed by atoms with van der Waals surface area (Å²) < 4.78 is 5.24. The van der Waals surface area contributed by atoms with E-state index in [9.17, 15) is 9.59 Å². The van der Waals surface area contributed by atoms with Crippen LogP contribution >= 0.6 is 11.3 Å². The molecule has 0 spiro atoms. The molecule has 0 aromatic carbocycles. The van der Waals surface area contributed by atoms with Gasteiger partial charge in [0.2, 0.25) is 5.91 Å². The number of nitrogens with zero attached hydrogens (tertiary/aromatic N) is 2. The average molecular weight is 293 g/mol. The Balaban J connectivity index is 2.08. The monoisotopic (exact) mass is 293 g/mol. The zero-order valence-electron chi connectivity index (χ0n) is 11.3. The van der Waals surface area contributed by atoms with Gasteiger partial charge in [-0.05, 0) is 19.1 Å². The Kier molecular flexibility index (Phi) is 4.52. The molecule has 0 bridgehead atoms. The van der Waals surface area contributed by atoms with Crippen LogP contribution < -0.4 is 5.32 Å². The van der Waals surface area contributed by atoms with E-state index < -0.39 is 0 Å². The Morgan fingerprint density at radius 2 is 2.30 bits per heavy atom. The van der Waals surface area contributed by atoms with Gasteiger partial charge in [-0.2, -0.15) is 0 Å². The second-order valence-corrected chi connectivity index (χ2v) is 4.98. The number of hydrogen-bond donors (Lipinski definition) is 1. The van der Waals surface area contributed by atoms with Crippen LogP contribution in [0.4, 0.5) is 5.13 Å². The lowest BCUT2D eigenvalue weighted by molar-refractivity contribution is -0.114. The van der Waals surface area contributed by atoms with Crippen molar-refractivity contribution >= 4 is 28.3 Å². The lowest BCUT2D eigenvalue weighted by Crippen LogP contribution is -2.30. The van der Waals surface area contributed by atoms with E-state index in [1.807, 2.05) is 13.0 Å². The number of aromatic nitrogens is 1. The molecule has 0 fully saturated rings. The van der Waals surface area contributed by atoms with E-state index in [4.69, 9.17) is 4.42 Å². The first-order valence-corrected chi connectivity index (χ1v) is 7.03. The van der Waals surface area contributed by atoms with Gasteiger partial charge in [-0.3, -0.25) is 9.59 Å². The van der Waals surface area contributed by atoms with Crippen LogP contribution in [0.5, 0.6) is 0 Å². The van der Waals surface area contributed by atoms with E-state index in [1.54, 1.807) is 22.6 Å². The maximum absolute atomic E-state index is 12.3. The summed E-state index contributed by atoms with van der Waals surface area (Å²) in [5.41, 5.74) is 0.326. The summed E-state index contributed by atoms with van der Waals surface area (Å²) in [6.07, 6.45) is 1.57. The summed E-state index contributed by atoms with van der Waals surface area (Å²) in [6, 6.07) is 3.60. The molecule has 0 saturated carbocycles. The van der Waals surface area contributed by atoms with Gasteiger partial charge in [0.25, 0.3) is 5.91 Å². The van der Waals surface area contributed by atoms with Crippen molar-refractivity contribution in [3.05, 3.63) is 35.2 Å². The second kappa shape index (κ2) is 6.33. The van der Waals surface area contributed by atoms with Crippen molar-refractivity contribution in [1.29, 1.82) is 0 Å². The van der Waals surface area contributed by atoms with Gasteiger partial charge in [-0.1, -0.05) is 0 Å². The van der Waals surface area contributed by atoms with Crippen LogP contribution in [0.1, 0.15) is 30.1 Å². The molecule has 2 heterocycles. The SMILES string of the molecule is CCN(Cc1ccco1)C(=O)c1csc(NC(C)=O)n1. The molecule has 0 saturated heterocycles. The van der Waals surface area contributed by atoms with E-state index in [1.165, 1.54) is 18.3 Å². The summed E-state index contributed by atoms with van der Waals surface area (Å²) >= 11 is 1.23. The highest BCUT2D eigenvalue weighted by molar-refractivity contribution is 7.14. The Bertz CT molecular complexity index is 592. The molecule has 20 heavy (non-hydrogen) atoms. The van der Waals surface area contributed by atoms with Gasteiger partial charge in [0.1, 0.15) is 11.5 Å². The first kappa shape index (κ1) is 14.3. The fraction of sp³-hybridized carbons (Fsp3) is 0.308. The van der Waals surface area contributed by atoms with Gasteiger partial charge in [-0.15, -0.1) is 11.3 Å². The molecule has 7 heteroatoms. The molecular formula is C13H15N3O3S. The smallest absolute Gasteiger partial charge is 0.273 e. The largest absolute Gasteiger partial charge is 0.467 e. The quantitative estimate of drug-likeness (QED) is 0.918. The minimum atomic E-state index is -0.207. The zero-order valence-corrected chi connectivity index (χ0v) is 12.1. The van der Waals surface area contributed by atoms with Gasteiger partial charge in [0.05, 0.1) is 12.8 Å². The summed E-state index contributed by atoms with van der Waals surface area (Å²) in [4.78, 5) is 29.0. The van der Waals surface area contributed by atoms with Crippen molar-refractivity contribution in [2.75, 3.05) is 11.9 Å². The van der Waals surface area contributed by atoms with Crippen molar-refractivity contribution in [3.63, 3.8) is 0 Å². The van der Waals surface area contributed by atoms with E-state index in [-0.39, 0.29) is 11.8 Å². The Hall–Kier alpha value is -2.15. The highest BCUT2D eigenvalue weighted by Crippen LogP contribution is 2.17. The number of nitrogens with one attached hydrogen (secondary N) is 1. The summed E-state index contributed by atoms with van der Waals surface area (Å²) in [5.74, 6) is 0.329. The van der Waals surface area contributed by atoms with Crippen LogP contribution in [0, 0.1) is 0 Å². The molecule has 0 aliphatic carbocycles. The maximum Gasteiger partial charge on any atom is 0.273 e. The number of amides is 2. The highest BCUT2D eigenvalue weighted by Gasteiger charge is 2.18. The van der Waals surface area contributed by atoms with Gasteiger partial charge in [-0.25, -0.2) is 4.98 Å². The van der Waals surface area contributed by atoms with Gasteiger partial charge in [0, 0.05) is 18.8 Å². The number of anilines is 1. The minimum Gasteiger partial charge on any atom is -0.467 e. The number of hydrogen-bond acceptors (Lipinski definition) is 5. The standard InChI is InChI=1S/C13H15N3O3S/c1-3-16(7-10-5-4-6-19-10)12(18)11-8-20-13(15-11)14-9(2)17/h4-6,8H,3,7H2,1-2H3,(H,14,15,17). The normalized spacial score (nSPS) is 10.3. The molecule has 2 amide bonds. The zero-order chi connectivity index (χ0) is 14.5. The molecule has 1 N–H and O–H groups in total. The third kappa shape index (κ3) is 3.45. The number of carbonyl (C=O) groups is 2. The van der Waals surface area contributed by atoms with E-state index in [0.29, 0.717) is 23.9 Å². The summed E-state index contributed by atoms with van der Waals surface area (Å²) in [5, 5.41) is 4.62. The molecule has 2 aromatic rings. The Morgan fingerprint density at radius 3 is 2.90 bits per heavy atom. The Labute approximate surface area is 120 Å². The lowest BCUT2D eigenvalue weighted by atomic mass is 10.3. The molecule has 0 atom stereocenters. The van der Waals surface area contributed by atoms with Crippen molar-refractivity contribution in [1.82, 2.24) is 9.88 Å². The number of carbonyl (C=O) groups excluding carboxylic acids is 2. The second-order valence-electron chi connectivity index (χ2n) is 4.12. The molecule has 0 unspecified atom stereocenters. The first-order chi connectivity index (χ1) is 9.60. The third-order valence-corrected chi connectivity index (χ3v) is 3.36. The average Bonchev–Trinajstić information content (AvgIpc) is 3.05. The molecule has 0 aliphatic heterocycles. The highest BCUT2D eigenvalue weighted by atomic mass is 32.1. The molecular weight excluding hydrogens is 278 g/mol. The predicted molar refractivity (Wildman–Crippen MR) is 75.5 cm³/mol. The molecule has 0 radical (unpaired) electrons.